The Balaban J connectivity index is 1.79. The Kier molecular flexibility index (Phi) is 13.7. The summed E-state index contributed by atoms with van der Waals surface area (Å²) in [4.78, 5) is 28.6. The van der Waals surface area contributed by atoms with E-state index in [2.05, 4.69) is 22.5 Å². The zero-order valence-electron chi connectivity index (χ0n) is 26.9. The number of hydrogen-bond donors (Lipinski definition) is 3. The highest BCUT2D eigenvalue weighted by atomic mass is 19.1. The number of aryl methyl sites for hydroxylation is 1. The van der Waals surface area contributed by atoms with E-state index in [-0.39, 0.29) is 30.4 Å². The Morgan fingerprint density at radius 3 is 2.22 bits per heavy atom. The van der Waals surface area contributed by atoms with Gasteiger partial charge in [0, 0.05) is 54.9 Å². The summed E-state index contributed by atoms with van der Waals surface area (Å²) in [6.07, 6.45) is 0.523. The van der Waals surface area contributed by atoms with Crippen LogP contribution >= 0.6 is 0 Å². The average molecular weight is 618 g/mol. The fraction of sp³-hybridized carbons (Fsp3) is 0.405. The van der Waals surface area contributed by atoms with Crippen LogP contribution in [-0.2, 0) is 13.0 Å². The molecule has 0 aliphatic rings. The van der Waals surface area contributed by atoms with Crippen LogP contribution in [-0.4, -0.2) is 53.6 Å². The van der Waals surface area contributed by atoms with Gasteiger partial charge >= 0.3 is 0 Å². The average Bonchev–Trinajstić information content (AvgIpc) is 2.98. The number of nitrogens with zero attached hydrogens (tertiary/aromatic N) is 1. The van der Waals surface area contributed by atoms with Gasteiger partial charge < -0.3 is 20.6 Å². The van der Waals surface area contributed by atoms with Gasteiger partial charge in [-0.1, -0.05) is 51.7 Å². The third-order valence-corrected chi connectivity index (χ3v) is 7.13. The van der Waals surface area contributed by atoms with E-state index in [4.69, 9.17) is 0 Å². The molecule has 0 aliphatic carbocycles. The summed E-state index contributed by atoms with van der Waals surface area (Å²) in [6, 6.07) is 15.0. The molecule has 45 heavy (non-hydrogen) atoms. The Bertz CT molecular complexity index is 1490. The lowest BCUT2D eigenvalue weighted by Crippen LogP contribution is -2.48. The molecular weight excluding hydrogens is 572 g/mol. The zero-order valence-corrected chi connectivity index (χ0v) is 26.9. The SMILES string of the molecule is CCCN(CCC)C(=O)c1cc(C)cc(C(=O)N[C@@H](Cc2cc(F)cc(F)c2)[C@H](O)CNCc2cccc(C#CC(C)C)c2)c1. The van der Waals surface area contributed by atoms with Gasteiger partial charge in [0.25, 0.3) is 11.8 Å². The fourth-order valence-corrected chi connectivity index (χ4v) is 5.09. The van der Waals surface area contributed by atoms with Gasteiger partial charge in [-0.25, -0.2) is 8.78 Å². The number of rotatable bonds is 14. The Morgan fingerprint density at radius 2 is 1.58 bits per heavy atom. The minimum absolute atomic E-state index is 0.0120. The summed E-state index contributed by atoms with van der Waals surface area (Å²) in [6.45, 7) is 11.7. The van der Waals surface area contributed by atoms with Crippen LogP contribution in [0.3, 0.4) is 0 Å². The van der Waals surface area contributed by atoms with E-state index >= 15 is 0 Å². The second kappa shape index (κ2) is 17.4. The molecule has 2 atom stereocenters. The number of nitrogens with one attached hydrogen (secondary N) is 2. The van der Waals surface area contributed by atoms with Crippen LogP contribution in [0.1, 0.15) is 83.5 Å². The van der Waals surface area contributed by atoms with Crippen LogP contribution in [0, 0.1) is 36.3 Å². The van der Waals surface area contributed by atoms with E-state index in [0.29, 0.717) is 30.8 Å². The molecule has 0 aromatic heterocycles. The number of amides is 2. The Morgan fingerprint density at radius 1 is 0.911 bits per heavy atom. The monoisotopic (exact) mass is 617 g/mol. The summed E-state index contributed by atoms with van der Waals surface area (Å²) in [7, 11) is 0. The predicted molar refractivity (Wildman–Crippen MR) is 175 cm³/mol. The lowest BCUT2D eigenvalue weighted by atomic mass is 9.99. The molecule has 0 aliphatic heterocycles. The van der Waals surface area contributed by atoms with E-state index in [1.54, 1.807) is 23.1 Å². The molecule has 0 spiro atoms. The van der Waals surface area contributed by atoms with Gasteiger partial charge in [0.2, 0.25) is 0 Å². The van der Waals surface area contributed by atoms with Crippen molar-refractivity contribution in [3.63, 3.8) is 0 Å². The van der Waals surface area contributed by atoms with E-state index < -0.39 is 29.7 Å². The molecule has 3 N–H and O–H groups in total. The molecule has 2 amide bonds. The van der Waals surface area contributed by atoms with Crippen LogP contribution in [0.25, 0.3) is 0 Å². The highest BCUT2D eigenvalue weighted by Gasteiger charge is 2.24. The van der Waals surface area contributed by atoms with Crippen molar-refractivity contribution in [2.75, 3.05) is 19.6 Å². The predicted octanol–water partition coefficient (Wildman–Crippen LogP) is 6.03. The first-order valence-electron chi connectivity index (χ1n) is 15.6. The zero-order chi connectivity index (χ0) is 32.9. The third kappa shape index (κ3) is 11.4. The molecule has 3 rings (SSSR count). The molecule has 0 unspecified atom stereocenters. The molecule has 0 heterocycles. The van der Waals surface area contributed by atoms with Crippen LogP contribution < -0.4 is 10.6 Å². The number of carbonyl (C=O) groups is 2. The number of aliphatic hydroxyl groups excluding tert-OH is 1. The van der Waals surface area contributed by atoms with Crippen molar-refractivity contribution in [1.29, 1.82) is 0 Å². The first-order valence-corrected chi connectivity index (χ1v) is 15.6. The van der Waals surface area contributed by atoms with E-state index in [1.165, 1.54) is 12.1 Å². The molecule has 0 bridgehead atoms. The molecule has 3 aromatic rings. The molecule has 0 saturated carbocycles. The lowest BCUT2D eigenvalue weighted by Gasteiger charge is -2.25. The third-order valence-electron chi connectivity index (χ3n) is 7.13. The van der Waals surface area contributed by atoms with Crippen molar-refractivity contribution in [3.05, 3.63) is 106 Å². The summed E-state index contributed by atoms with van der Waals surface area (Å²) < 4.78 is 28.0. The van der Waals surface area contributed by atoms with Gasteiger partial charge in [-0.2, -0.15) is 0 Å². The van der Waals surface area contributed by atoms with Crippen molar-refractivity contribution in [2.24, 2.45) is 5.92 Å². The smallest absolute Gasteiger partial charge is 0.253 e. The van der Waals surface area contributed by atoms with E-state index in [0.717, 1.165) is 35.6 Å². The first-order chi connectivity index (χ1) is 21.5. The molecule has 0 radical (unpaired) electrons. The van der Waals surface area contributed by atoms with Crippen molar-refractivity contribution in [2.45, 2.75) is 72.6 Å². The number of benzene rings is 3. The summed E-state index contributed by atoms with van der Waals surface area (Å²) in [5, 5.41) is 17.3. The second-order valence-corrected chi connectivity index (χ2v) is 11.8. The Hall–Kier alpha value is -4.06. The topological polar surface area (TPSA) is 81.7 Å². The minimum atomic E-state index is -1.10. The van der Waals surface area contributed by atoms with Crippen LogP contribution in [0.5, 0.6) is 0 Å². The van der Waals surface area contributed by atoms with Crippen molar-refractivity contribution >= 4 is 11.8 Å². The van der Waals surface area contributed by atoms with Crippen LogP contribution in [0.4, 0.5) is 8.78 Å². The van der Waals surface area contributed by atoms with Gasteiger partial charge in [0.05, 0.1) is 12.1 Å². The second-order valence-electron chi connectivity index (χ2n) is 11.8. The van der Waals surface area contributed by atoms with Crippen LogP contribution in [0.2, 0.25) is 0 Å². The lowest BCUT2D eigenvalue weighted by molar-refractivity contribution is 0.0755. The highest BCUT2D eigenvalue weighted by molar-refractivity contribution is 6.00. The normalized spacial score (nSPS) is 12.3. The Labute approximate surface area is 266 Å². The van der Waals surface area contributed by atoms with Gasteiger partial charge in [-0.3, -0.25) is 9.59 Å². The van der Waals surface area contributed by atoms with E-state index in [9.17, 15) is 23.5 Å². The molecule has 240 valence electrons. The standard InChI is InChI=1S/C37H45F2N3O3/c1-6-13-42(14-7-2)37(45)31-16-26(5)15-30(21-31)36(44)41-34(20-29-18-32(38)22-33(39)19-29)35(43)24-40-23-28-10-8-9-27(17-28)12-11-25(3)4/h8-10,15-19,21-22,25,34-35,40,43H,6-7,13-14,20,23-24H2,1-5H3,(H,41,44)/t34-,35+/m0/s1. The maximum absolute atomic E-state index is 14.0. The van der Waals surface area contributed by atoms with Gasteiger partial charge in [-0.05, 0) is 85.3 Å². The van der Waals surface area contributed by atoms with Gasteiger partial charge in [0.15, 0.2) is 0 Å². The number of aliphatic hydroxyl groups is 1. The summed E-state index contributed by atoms with van der Waals surface area (Å²) >= 11 is 0. The van der Waals surface area contributed by atoms with E-state index in [1.807, 2.05) is 58.9 Å². The van der Waals surface area contributed by atoms with Crippen LogP contribution in [0.15, 0.2) is 60.7 Å². The number of halogens is 2. The molecule has 0 fully saturated rings. The molecule has 3 aromatic carbocycles. The van der Waals surface area contributed by atoms with Crippen molar-refractivity contribution in [3.8, 4) is 11.8 Å². The minimum Gasteiger partial charge on any atom is -0.390 e. The largest absolute Gasteiger partial charge is 0.390 e. The number of carbonyl (C=O) groups excluding carboxylic acids is 2. The van der Waals surface area contributed by atoms with Gasteiger partial charge in [-0.15, -0.1) is 0 Å². The highest BCUT2D eigenvalue weighted by Crippen LogP contribution is 2.16. The fourth-order valence-electron chi connectivity index (χ4n) is 5.09. The molecule has 0 saturated heterocycles. The maximum Gasteiger partial charge on any atom is 0.253 e. The molecular formula is C37H45F2N3O3. The summed E-state index contributed by atoms with van der Waals surface area (Å²) in [5.74, 6) is 4.42. The van der Waals surface area contributed by atoms with Gasteiger partial charge in [0.1, 0.15) is 11.6 Å². The molecule has 8 heteroatoms. The maximum atomic E-state index is 14.0. The van der Waals surface area contributed by atoms with Crippen molar-refractivity contribution < 1.29 is 23.5 Å². The molecule has 6 nitrogen and oxygen atoms in total. The quantitative estimate of drug-likeness (QED) is 0.193. The summed E-state index contributed by atoms with van der Waals surface area (Å²) in [5.41, 5.74) is 3.58. The van der Waals surface area contributed by atoms with Crippen molar-refractivity contribution in [1.82, 2.24) is 15.5 Å². The number of hydrogen-bond acceptors (Lipinski definition) is 4. The first kappa shape index (κ1) is 35.4.